The Morgan fingerprint density at radius 3 is 2.71 bits per heavy atom. The molecule has 0 N–H and O–H groups in total. The standard InChI is InChI=1S/C12H10Cl3N3O3/c1-17-10(16-6-11(17)18(19)20)7-21-9-4-2-3-8(5-9)12(13,14)15/h2-6H,7H2,1H3. The summed E-state index contributed by atoms with van der Waals surface area (Å²) in [5.74, 6) is 0.786. The lowest BCUT2D eigenvalue weighted by Crippen LogP contribution is -2.06. The average Bonchev–Trinajstić information content (AvgIpc) is 2.77. The summed E-state index contributed by atoms with van der Waals surface area (Å²) in [4.78, 5) is 14.2. The first-order chi connectivity index (χ1) is 9.79. The van der Waals surface area contributed by atoms with E-state index in [0.717, 1.165) is 0 Å². The van der Waals surface area contributed by atoms with E-state index < -0.39 is 8.72 Å². The van der Waals surface area contributed by atoms with Crippen LogP contribution >= 0.6 is 34.8 Å². The highest BCUT2D eigenvalue weighted by Crippen LogP contribution is 2.39. The molecule has 2 aromatic rings. The number of hydrogen-bond acceptors (Lipinski definition) is 4. The van der Waals surface area contributed by atoms with Crippen LogP contribution in [0.25, 0.3) is 0 Å². The maximum absolute atomic E-state index is 10.7. The Kier molecular flexibility index (Phi) is 4.61. The highest BCUT2D eigenvalue weighted by Gasteiger charge is 2.23. The summed E-state index contributed by atoms with van der Waals surface area (Å²) in [5, 5.41) is 10.7. The van der Waals surface area contributed by atoms with Gasteiger partial charge in [-0.2, -0.15) is 0 Å². The Hall–Kier alpha value is -1.50. The van der Waals surface area contributed by atoms with Gasteiger partial charge in [-0.3, -0.25) is 0 Å². The van der Waals surface area contributed by atoms with Crippen LogP contribution in [-0.4, -0.2) is 14.5 Å². The van der Waals surface area contributed by atoms with E-state index in [1.807, 2.05) is 0 Å². The number of hydrogen-bond donors (Lipinski definition) is 0. The van der Waals surface area contributed by atoms with Gasteiger partial charge in [0.2, 0.25) is 9.62 Å². The van der Waals surface area contributed by atoms with Gasteiger partial charge < -0.3 is 14.9 Å². The molecule has 21 heavy (non-hydrogen) atoms. The zero-order valence-corrected chi connectivity index (χ0v) is 13.1. The van der Waals surface area contributed by atoms with Crippen LogP contribution in [0.3, 0.4) is 0 Å². The molecule has 6 nitrogen and oxygen atoms in total. The minimum absolute atomic E-state index is 0.0631. The van der Waals surface area contributed by atoms with Crippen LogP contribution in [0.15, 0.2) is 30.5 Å². The van der Waals surface area contributed by atoms with Crippen molar-refractivity contribution in [1.29, 1.82) is 0 Å². The summed E-state index contributed by atoms with van der Waals surface area (Å²) < 4.78 is 5.33. The molecule has 1 aromatic heterocycles. The van der Waals surface area contributed by atoms with E-state index in [9.17, 15) is 10.1 Å². The van der Waals surface area contributed by atoms with E-state index in [2.05, 4.69) is 4.98 Å². The molecule has 0 fully saturated rings. The SMILES string of the molecule is Cn1c([N+](=O)[O-])cnc1COc1cccc(C(Cl)(Cl)Cl)c1. The molecule has 0 aliphatic rings. The van der Waals surface area contributed by atoms with Crippen LogP contribution in [-0.2, 0) is 17.4 Å². The smallest absolute Gasteiger partial charge is 0.342 e. The van der Waals surface area contributed by atoms with Crippen molar-refractivity contribution in [3.05, 3.63) is 52.0 Å². The first-order valence-electron chi connectivity index (χ1n) is 5.74. The van der Waals surface area contributed by atoms with Crippen molar-refractivity contribution in [1.82, 2.24) is 9.55 Å². The van der Waals surface area contributed by atoms with Crippen molar-refractivity contribution in [2.45, 2.75) is 10.4 Å². The molecular weight excluding hydrogens is 341 g/mol. The Labute approximate surface area is 135 Å². The van der Waals surface area contributed by atoms with E-state index in [1.54, 1.807) is 31.3 Å². The molecule has 0 saturated heterocycles. The molecule has 2 rings (SSSR count). The molecule has 0 atom stereocenters. The molecule has 112 valence electrons. The minimum Gasteiger partial charge on any atom is -0.483 e. The molecule has 0 bridgehead atoms. The minimum atomic E-state index is -1.54. The van der Waals surface area contributed by atoms with Crippen molar-refractivity contribution in [2.24, 2.45) is 7.05 Å². The van der Waals surface area contributed by atoms with E-state index in [1.165, 1.54) is 10.8 Å². The Morgan fingerprint density at radius 2 is 2.14 bits per heavy atom. The van der Waals surface area contributed by atoms with Crippen LogP contribution in [0.1, 0.15) is 11.4 Å². The summed E-state index contributed by atoms with van der Waals surface area (Å²) in [6.07, 6.45) is 1.18. The van der Waals surface area contributed by atoms with Gasteiger partial charge in [0.25, 0.3) is 0 Å². The third-order valence-corrected chi connectivity index (χ3v) is 3.43. The van der Waals surface area contributed by atoms with Gasteiger partial charge in [0.15, 0.2) is 6.61 Å². The van der Waals surface area contributed by atoms with Crippen molar-refractivity contribution < 1.29 is 9.66 Å². The molecule has 0 spiro atoms. The summed E-state index contributed by atoms with van der Waals surface area (Å²) in [5.41, 5.74) is 0.468. The first-order valence-corrected chi connectivity index (χ1v) is 6.87. The number of aromatic nitrogens is 2. The zero-order valence-electron chi connectivity index (χ0n) is 10.8. The molecule has 0 aliphatic heterocycles. The Bertz CT molecular complexity index is 667. The molecule has 9 heteroatoms. The highest BCUT2D eigenvalue weighted by atomic mass is 35.6. The lowest BCUT2D eigenvalue weighted by molar-refractivity contribution is -0.391. The van der Waals surface area contributed by atoms with Crippen LogP contribution in [0, 0.1) is 10.1 Å². The topological polar surface area (TPSA) is 70.2 Å². The highest BCUT2D eigenvalue weighted by molar-refractivity contribution is 6.66. The number of nitro groups is 1. The third kappa shape index (κ3) is 3.78. The second-order valence-electron chi connectivity index (χ2n) is 4.16. The number of imidazole rings is 1. The Morgan fingerprint density at radius 1 is 1.43 bits per heavy atom. The average molecular weight is 351 g/mol. The van der Waals surface area contributed by atoms with Crippen LogP contribution in [0.2, 0.25) is 0 Å². The number of nitrogens with zero attached hydrogens (tertiary/aromatic N) is 3. The predicted molar refractivity (Wildman–Crippen MR) is 79.9 cm³/mol. The fraction of sp³-hybridized carbons (Fsp3) is 0.250. The summed E-state index contributed by atoms with van der Waals surface area (Å²) in [7, 11) is 1.54. The fourth-order valence-corrected chi connectivity index (χ4v) is 2.00. The first kappa shape index (κ1) is 15.9. The summed E-state index contributed by atoms with van der Waals surface area (Å²) >= 11 is 17.4. The molecule has 0 amide bonds. The largest absolute Gasteiger partial charge is 0.483 e. The molecular formula is C12H10Cl3N3O3. The van der Waals surface area contributed by atoms with E-state index in [0.29, 0.717) is 17.1 Å². The number of alkyl halides is 3. The van der Waals surface area contributed by atoms with E-state index in [4.69, 9.17) is 39.5 Å². The predicted octanol–water partition coefficient (Wildman–Crippen LogP) is 3.73. The van der Waals surface area contributed by atoms with Gasteiger partial charge in [-0.25, -0.2) is 9.55 Å². The van der Waals surface area contributed by atoms with Crippen molar-refractivity contribution in [2.75, 3.05) is 0 Å². The van der Waals surface area contributed by atoms with Gasteiger partial charge in [0, 0.05) is 5.56 Å². The maximum Gasteiger partial charge on any atom is 0.342 e. The van der Waals surface area contributed by atoms with Crippen LogP contribution in [0.5, 0.6) is 5.75 Å². The molecule has 0 unspecified atom stereocenters. The molecule has 1 aromatic carbocycles. The van der Waals surface area contributed by atoms with Gasteiger partial charge in [-0.1, -0.05) is 46.9 Å². The van der Waals surface area contributed by atoms with E-state index in [-0.39, 0.29) is 12.4 Å². The van der Waals surface area contributed by atoms with Gasteiger partial charge in [0.05, 0.1) is 7.05 Å². The van der Waals surface area contributed by atoms with Gasteiger partial charge in [-0.15, -0.1) is 0 Å². The second-order valence-corrected chi connectivity index (χ2v) is 6.44. The van der Waals surface area contributed by atoms with Crippen molar-refractivity contribution in [3.63, 3.8) is 0 Å². The van der Waals surface area contributed by atoms with Gasteiger partial charge in [0.1, 0.15) is 11.9 Å². The number of rotatable bonds is 4. The van der Waals surface area contributed by atoms with Crippen LogP contribution < -0.4 is 4.74 Å². The molecule has 0 aliphatic carbocycles. The summed E-state index contributed by atoms with van der Waals surface area (Å²) in [6, 6.07) is 6.63. The fourth-order valence-electron chi connectivity index (χ4n) is 1.65. The lowest BCUT2D eigenvalue weighted by Gasteiger charge is -2.12. The van der Waals surface area contributed by atoms with E-state index >= 15 is 0 Å². The van der Waals surface area contributed by atoms with Crippen molar-refractivity contribution in [3.8, 4) is 5.75 Å². The maximum atomic E-state index is 10.7. The number of halogens is 3. The van der Waals surface area contributed by atoms with Gasteiger partial charge in [-0.05, 0) is 17.1 Å². The molecule has 1 heterocycles. The lowest BCUT2D eigenvalue weighted by atomic mass is 10.2. The zero-order chi connectivity index (χ0) is 15.6. The quantitative estimate of drug-likeness (QED) is 0.478. The number of benzene rings is 1. The summed E-state index contributed by atoms with van der Waals surface area (Å²) in [6.45, 7) is 0.0631. The van der Waals surface area contributed by atoms with Crippen LogP contribution in [0.4, 0.5) is 5.82 Å². The van der Waals surface area contributed by atoms with Gasteiger partial charge >= 0.3 is 5.82 Å². The normalized spacial score (nSPS) is 11.4. The number of ether oxygens (including phenoxy) is 1. The van der Waals surface area contributed by atoms with Crippen molar-refractivity contribution >= 4 is 40.6 Å². The Balaban J connectivity index is 2.12. The molecule has 0 radical (unpaired) electrons. The monoisotopic (exact) mass is 349 g/mol. The third-order valence-electron chi connectivity index (χ3n) is 2.78. The second kappa shape index (κ2) is 6.09. The molecule has 0 saturated carbocycles.